The van der Waals surface area contributed by atoms with Crippen LogP contribution in [-0.4, -0.2) is 50.2 Å². The topological polar surface area (TPSA) is 49.7 Å². The number of benzene rings is 1. The zero-order valence-corrected chi connectivity index (χ0v) is 12.7. The maximum Gasteiger partial charge on any atom is 0.136 e. The van der Waals surface area contributed by atoms with Gasteiger partial charge in [-0.15, -0.1) is 0 Å². The maximum absolute atomic E-state index is 9.22. The van der Waals surface area contributed by atoms with Crippen LogP contribution in [0.2, 0.25) is 0 Å². The molecule has 0 saturated heterocycles. The third-order valence-electron chi connectivity index (χ3n) is 2.96. The van der Waals surface area contributed by atoms with Gasteiger partial charge in [0.15, 0.2) is 0 Å². The minimum absolute atomic E-state index is 0. The Hall–Kier alpha value is -0.620. The lowest BCUT2D eigenvalue weighted by atomic mass is 10.2. The molecule has 2 N–H and O–H groups in total. The van der Waals surface area contributed by atoms with E-state index in [9.17, 15) is 5.11 Å². The van der Waals surface area contributed by atoms with E-state index in [1.165, 1.54) is 0 Å². The first-order chi connectivity index (χ1) is 7.99. The summed E-state index contributed by atoms with van der Waals surface area (Å²) in [5.74, 6) is 0.717. The number of quaternary nitrogens is 1. The molecule has 0 bridgehead atoms. The van der Waals surface area contributed by atoms with Crippen LogP contribution in [0.4, 0.5) is 5.69 Å². The van der Waals surface area contributed by atoms with Crippen LogP contribution in [0.15, 0.2) is 24.3 Å². The molecule has 104 valence electrons. The molecule has 1 aromatic rings. The molecule has 0 aromatic heterocycles. The number of aliphatic hydroxyl groups is 2. The van der Waals surface area contributed by atoms with Gasteiger partial charge in [-0.2, -0.15) is 0 Å². The molecule has 1 rings (SSSR count). The van der Waals surface area contributed by atoms with E-state index in [2.05, 4.69) is 27.1 Å². The Morgan fingerprint density at radius 3 is 2.56 bits per heavy atom. The second-order valence-corrected chi connectivity index (χ2v) is 4.65. The molecule has 0 saturated carbocycles. The summed E-state index contributed by atoms with van der Waals surface area (Å²) in [4.78, 5) is 0. The molecule has 0 radical (unpaired) electrons. The quantitative estimate of drug-likeness (QED) is 0.597. The molecule has 5 heteroatoms. The lowest BCUT2D eigenvalue weighted by Gasteiger charge is -2.27. The van der Waals surface area contributed by atoms with Gasteiger partial charge in [-0.1, -0.05) is 6.07 Å². The average Bonchev–Trinajstić information content (AvgIpc) is 2.36. The van der Waals surface area contributed by atoms with E-state index in [1.54, 1.807) is 0 Å². The van der Waals surface area contributed by atoms with Gasteiger partial charge in [0.2, 0.25) is 0 Å². The Labute approximate surface area is 119 Å². The number of halogens is 1. The Kier molecular flexibility index (Phi) is 7.47. The summed E-state index contributed by atoms with van der Waals surface area (Å²) in [5, 5.41) is 17.9. The van der Waals surface area contributed by atoms with Gasteiger partial charge in [-0.3, -0.25) is 4.48 Å². The van der Waals surface area contributed by atoms with Gasteiger partial charge in [0.25, 0.3) is 0 Å². The van der Waals surface area contributed by atoms with Crippen molar-refractivity contribution in [2.24, 2.45) is 0 Å². The van der Waals surface area contributed by atoms with E-state index in [1.807, 2.05) is 18.2 Å². The van der Waals surface area contributed by atoms with Crippen LogP contribution in [0, 0.1) is 0 Å². The van der Waals surface area contributed by atoms with Crippen molar-refractivity contribution in [1.82, 2.24) is 4.48 Å². The zero-order chi connectivity index (χ0) is 12.9. The monoisotopic (exact) mass is 319 g/mol. The molecule has 1 unspecified atom stereocenters. The third kappa shape index (κ3) is 4.94. The van der Waals surface area contributed by atoms with Crippen LogP contribution in [0.25, 0.3) is 0 Å². The smallest absolute Gasteiger partial charge is 0.136 e. The maximum atomic E-state index is 9.22. The van der Waals surface area contributed by atoms with E-state index < -0.39 is 6.10 Å². The molecule has 0 heterocycles. The molecule has 0 aliphatic carbocycles. The average molecular weight is 320 g/mol. The van der Waals surface area contributed by atoms with E-state index >= 15 is 0 Å². The summed E-state index contributed by atoms with van der Waals surface area (Å²) in [6.07, 6.45) is -0.827. The Balaban J connectivity index is 0.00000289. The highest BCUT2D eigenvalue weighted by Gasteiger charge is 2.16. The number of ether oxygens (including phenoxy) is 1. The Morgan fingerprint density at radius 1 is 1.33 bits per heavy atom. The van der Waals surface area contributed by atoms with E-state index in [-0.39, 0.29) is 30.2 Å². The minimum Gasteiger partial charge on any atom is -1.00 e. The van der Waals surface area contributed by atoms with Gasteiger partial charge in [-0.05, 0) is 19.1 Å². The first-order valence-corrected chi connectivity index (χ1v) is 5.85. The predicted octanol–water partition coefficient (Wildman–Crippen LogP) is -1.99. The first-order valence-electron chi connectivity index (χ1n) is 5.85. The van der Waals surface area contributed by atoms with E-state index in [0.29, 0.717) is 0 Å². The number of aliphatic hydroxyl groups excluding tert-OH is 2. The highest BCUT2D eigenvalue weighted by atomic mass is 79.9. The summed E-state index contributed by atoms with van der Waals surface area (Å²) in [5.41, 5.74) is 1.16. The van der Waals surface area contributed by atoms with Crippen LogP contribution in [0.5, 0.6) is 5.75 Å². The molecule has 18 heavy (non-hydrogen) atoms. The molecule has 1 aromatic carbocycles. The summed E-state index contributed by atoms with van der Waals surface area (Å²) in [6.45, 7) is 2.95. The summed E-state index contributed by atoms with van der Waals surface area (Å²) in [7, 11) is 4.25. The van der Waals surface area contributed by atoms with Gasteiger partial charge >= 0.3 is 0 Å². The SMILES string of the molecule is CC[N+](C)(C)c1cccc(OCC(O)CO)c1.[Br-]. The third-order valence-corrected chi connectivity index (χ3v) is 2.96. The van der Waals surface area contributed by atoms with Crippen molar-refractivity contribution in [3.05, 3.63) is 24.3 Å². The van der Waals surface area contributed by atoms with Gasteiger partial charge in [-0.25, -0.2) is 0 Å². The molecular weight excluding hydrogens is 298 g/mol. The fourth-order valence-corrected chi connectivity index (χ4v) is 1.38. The van der Waals surface area contributed by atoms with Crippen molar-refractivity contribution in [3.8, 4) is 5.75 Å². The van der Waals surface area contributed by atoms with Crippen LogP contribution >= 0.6 is 0 Å². The fraction of sp³-hybridized carbons (Fsp3) is 0.538. The summed E-state index contributed by atoms with van der Waals surface area (Å²) in [6, 6.07) is 7.81. The largest absolute Gasteiger partial charge is 1.00 e. The lowest BCUT2D eigenvalue weighted by molar-refractivity contribution is -0.00000573. The predicted molar refractivity (Wildman–Crippen MR) is 69.2 cm³/mol. The Morgan fingerprint density at radius 2 is 2.00 bits per heavy atom. The standard InChI is InChI=1S/C13H22NO3.BrH/c1-4-14(2,3)11-6-5-7-13(8-11)17-10-12(16)9-15;/h5-8,12,15-16H,4,9-10H2,1-3H3;1H/q+1;/p-1. The normalized spacial score (nSPS) is 12.7. The second-order valence-electron chi connectivity index (χ2n) is 4.65. The molecule has 0 fully saturated rings. The molecule has 0 spiro atoms. The number of rotatable bonds is 6. The highest BCUT2D eigenvalue weighted by molar-refractivity contribution is 5.46. The molecule has 4 nitrogen and oxygen atoms in total. The summed E-state index contributed by atoms with van der Waals surface area (Å²) < 4.78 is 6.20. The van der Waals surface area contributed by atoms with Crippen molar-refractivity contribution in [1.29, 1.82) is 0 Å². The number of nitrogens with zero attached hydrogens (tertiary/aromatic N) is 1. The highest BCUT2D eigenvalue weighted by Crippen LogP contribution is 2.24. The molecule has 0 amide bonds. The zero-order valence-electron chi connectivity index (χ0n) is 11.1. The Bertz CT molecular complexity index is 358. The van der Waals surface area contributed by atoms with Crippen molar-refractivity contribution < 1.29 is 31.9 Å². The van der Waals surface area contributed by atoms with E-state index in [0.717, 1.165) is 22.5 Å². The van der Waals surface area contributed by atoms with Crippen molar-refractivity contribution in [2.45, 2.75) is 13.0 Å². The molecule has 0 aliphatic rings. The number of hydrogen-bond donors (Lipinski definition) is 2. The fourth-order valence-electron chi connectivity index (χ4n) is 1.38. The number of hydrogen-bond acceptors (Lipinski definition) is 3. The molecule has 1 atom stereocenters. The minimum atomic E-state index is -0.827. The van der Waals surface area contributed by atoms with Gasteiger partial charge in [0.05, 0.1) is 27.2 Å². The van der Waals surface area contributed by atoms with Gasteiger partial charge < -0.3 is 31.9 Å². The second kappa shape index (κ2) is 7.74. The first kappa shape index (κ1) is 17.4. The van der Waals surface area contributed by atoms with Crippen LogP contribution in [-0.2, 0) is 0 Å². The van der Waals surface area contributed by atoms with Crippen molar-refractivity contribution in [3.63, 3.8) is 0 Å². The summed E-state index contributed by atoms with van der Waals surface area (Å²) >= 11 is 0. The van der Waals surface area contributed by atoms with Gasteiger partial charge in [0, 0.05) is 6.07 Å². The van der Waals surface area contributed by atoms with Crippen LogP contribution < -0.4 is 26.2 Å². The van der Waals surface area contributed by atoms with E-state index in [4.69, 9.17) is 9.84 Å². The van der Waals surface area contributed by atoms with Crippen molar-refractivity contribution >= 4 is 5.69 Å². The molecular formula is C13H22BrNO3. The van der Waals surface area contributed by atoms with Gasteiger partial charge in [0.1, 0.15) is 24.1 Å². The van der Waals surface area contributed by atoms with Crippen LogP contribution in [0.3, 0.4) is 0 Å². The van der Waals surface area contributed by atoms with Crippen molar-refractivity contribution in [2.75, 3.05) is 33.9 Å². The lowest BCUT2D eigenvalue weighted by Crippen LogP contribution is -3.00. The van der Waals surface area contributed by atoms with Crippen LogP contribution in [0.1, 0.15) is 6.92 Å². The molecule has 0 aliphatic heterocycles.